The third-order valence-electron chi connectivity index (χ3n) is 8.16. The molecule has 3 rings (SSSR count). The van der Waals surface area contributed by atoms with Gasteiger partial charge in [-0.25, -0.2) is 4.79 Å². The van der Waals surface area contributed by atoms with Crippen LogP contribution in [0.25, 0.3) is 22.0 Å². The van der Waals surface area contributed by atoms with Crippen LogP contribution in [0.2, 0.25) is 23.2 Å². The number of nitrogens with zero attached hydrogens (tertiary/aromatic N) is 1. The fourth-order valence-corrected chi connectivity index (χ4v) is 6.61. The van der Waals surface area contributed by atoms with Gasteiger partial charge in [-0.05, 0) is 75.2 Å². The molecule has 0 aliphatic carbocycles. The molecule has 2 aromatic heterocycles. The van der Waals surface area contributed by atoms with Crippen LogP contribution in [-0.4, -0.2) is 48.0 Å². The van der Waals surface area contributed by atoms with Crippen molar-refractivity contribution >= 4 is 52.7 Å². The molecule has 1 aromatic carbocycles. The maximum absolute atomic E-state index is 13.1. The lowest BCUT2D eigenvalue weighted by Crippen LogP contribution is -2.41. The van der Waals surface area contributed by atoms with Crippen LogP contribution in [0.3, 0.4) is 0 Å². The second-order valence-electron chi connectivity index (χ2n) is 12.0. The number of esters is 1. The fourth-order valence-electron chi connectivity index (χ4n) is 4.87. The van der Waals surface area contributed by atoms with Gasteiger partial charge in [-0.15, -0.1) is 0 Å². The molecule has 0 unspecified atom stereocenters. The number of rotatable bonds is 15. The maximum atomic E-state index is 13.1. The Morgan fingerprint density at radius 2 is 1.76 bits per heavy atom. The number of aryl methyl sites for hydroxylation is 3. The van der Waals surface area contributed by atoms with Crippen LogP contribution in [0.5, 0.6) is 0 Å². The molecule has 9 heteroatoms. The van der Waals surface area contributed by atoms with Crippen LogP contribution < -0.4 is 0 Å². The van der Waals surface area contributed by atoms with Crippen LogP contribution in [0.1, 0.15) is 102 Å². The highest BCUT2D eigenvalue weighted by Gasteiger charge is 2.37. The summed E-state index contributed by atoms with van der Waals surface area (Å²) < 4.78 is 11.9. The molecule has 0 bridgehead atoms. The van der Waals surface area contributed by atoms with E-state index in [0.717, 1.165) is 70.0 Å². The van der Waals surface area contributed by atoms with Crippen molar-refractivity contribution in [2.24, 2.45) is 0 Å². The number of aromatic nitrogens is 3. The summed E-state index contributed by atoms with van der Waals surface area (Å²) in [4.78, 5) is 16.6. The lowest BCUT2D eigenvalue weighted by molar-refractivity contribution is 0.0519. The lowest BCUT2D eigenvalue weighted by Gasteiger charge is -2.36. The normalized spacial score (nSPS) is 12.1. The van der Waals surface area contributed by atoms with E-state index in [4.69, 9.17) is 20.8 Å². The summed E-state index contributed by atoms with van der Waals surface area (Å²) >= 11 is 10.4. The Morgan fingerprint density at radius 1 is 1.05 bits per heavy atom. The average Bonchev–Trinajstić information content (AvgIpc) is 3.47. The molecule has 0 aliphatic rings. The number of nitrogens with one attached hydrogen (secondary N) is 2. The van der Waals surface area contributed by atoms with Gasteiger partial charge in [-0.1, -0.05) is 81.6 Å². The van der Waals surface area contributed by atoms with E-state index in [0.29, 0.717) is 30.4 Å². The highest BCUT2D eigenvalue weighted by atomic mass is 79.9. The number of ether oxygens (including phenoxy) is 1. The molecule has 6 nitrogen and oxygen atoms in total. The molecule has 0 saturated carbocycles. The van der Waals surface area contributed by atoms with Gasteiger partial charge in [0.05, 0.1) is 22.8 Å². The number of H-pyrrole nitrogens is 2. The number of carbonyl (C=O) groups excluding carboxylic acids is 1. The minimum absolute atomic E-state index is 0. The van der Waals surface area contributed by atoms with Crippen molar-refractivity contribution in [3.8, 4) is 11.1 Å². The highest BCUT2D eigenvalue weighted by molar-refractivity contribution is 9.09. The van der Waals surface area contributed by atoms with Crippen molar-refractivity contribution in [1.82, 2.24) is 15.2 Å². The van der Waals surface area contributed by atoms with Crippen molar-refractivity contribution in [1.29, 1.82) is 0 Å². The number of fused-ring (bicyclic) bond motifs is 1. The first-order chi connectivity index (χ1) is 19.0. The van der Waals surface area contributed by atoms with Crippen molar-refractivity contribution in [2.75, 3.05) is 18.5 Å². The van der Waals surface area contributed by atoms with Gasteiger partial charge in [-0.2, -0.15) is 5.10 Å². The van der Waals surface area contributed by atoms with E-state index >= 15 is 0 Å². The predicted octanol–water partition coefficient (Wildman–Crippen LogP) is 10.0. The van der Waals surface area contributed by atoms with Crippen LogP contribution >= 0.6 is 27.5 Å². The summed E-state index contributed by atoms with van der Waals surface area (Å²) in [5.41, 5.74) is 6.39. The number of carbonyl (C=O) groups is 1. The standard InChI is InChI=1S/C31H47BrClN3O3Si.CH4/c1-8-24-27(25(36-35-24)16-12-10-11-13-19-32)26-23(33)18-17-22-21(29(34-28(22)26)30(37)38-9-2)15-14-20-39-40(6,7)31(3,4)5;/h17-18,34H,8-16,19-20H2,1-7H3,(H,35,36);1H4. The number of benzene rings is 1. The molecule has 0 saturated heterocycles. The van der Waals surface area contributed by atoms with Gasteiger partial charge < -0.3 is 14.1 Å². The molecule has 2 heterocycles. The maximum Gasteiger partial charge on any atom is 0.355 e. The van der Waals surface area contributed by atoms with Crippen LogP contribution in [-0.2, 0) is 28.4 Å². The van der Waals surface area contributed by atoms with Crippen LogP contribution in [0.15, 0.2) is 12.1 Å². The molecular weight excluding hydrogens is 618 g/mol. The van der Waals surface area contributed by atoms with Gasteiger partial charge in [0, 0.05) is 34.1 Å². The Morgan fingerprint density at radius 3 is 2.39 bits per heavy atom. The molecule has 0 radical (unpaired) electrons. The summed E-state index contributed by atoms with van der Waals surface area (Å²) in [6.45, 7) is 16.2. The lowest BCUT2D eigenvalue weighted by atomic mass is 9.95. The Hall–Kier alpha value is -1.61. The minimum Gasteiger partial charge on any atom is -0.461 e. The van der Waals surface area contributed by atoms with Crippen molar-refractivity contribution in [2.45, 2.75) is 112 Å². The van der Waals surface area contributed by atoms with Crippen LogP contribution in [0.4, 0.5) is 0 Å². The quantitative estimate of drug-likeness (QED) is 0.0731. The average molecular weight is 669 g/mol. The van der Waals surface area contributed by atoms with Gasteiger partial charge in [0.2, 0.25) is 0 Å². The van der Waals surface area contributed by atoms with Gasteiger partial charge in [0.15, 0.2) is 8.32 Å². The Labute approximate surface area is 262 Å². The number of halogens is 2. The molecule has 0 aliphatic heterocycles. The molecule has 0 atom stereocenters. The van der Waals surface area contributed by atoms with E-state index in [1.54, 1.807) is 0 Å². The zero-order chi connectivity index (χ0) is 29.5. The summed E-state index contributed by atoms with van der Waals surface area (Å²) in [6, 6.07) is 3.97. The second-order valence-corrected chi connectivity index (χ2v) is 18.0. The first-order valence-corrected chi connectivity index (χ1v) is 19.1. The Balaban J connectivity index is 0.00000588. The van der Waals surface area contributed by atoms with E-state index in [-0.39, 0.29) is 18.4 Å². The van der Waals surface area contributed by atoms with E-state index in [1.807, 2.05) is 19.1 Å². The monoisotopic (exact) mass is 667 g/mol. The second kappa shape index (κ2) is 15.7. The van der Waals surface area contributed by atoms with E-state index in [2.05, 4.69) is 71.9 Å². The SMILES string of the molecule is C.CCOC(=O)c1[nH]c2c(-c3c(CC)n[nH]c3CCCCCCBr)c(Cl)ccc2c1CCCO[Si](C)(C)C(C)(C)C. The molecule has 3 aromatic rings. The highest BCUT2D eigenvalue weighted by Crippen LogP contribution is 2.41. The largest absolute Gasteiger partial charge is 0.461 e. The summed E-state index contributed by atoms with van der Waals surface area (Å²) in [5.74, 6) is -0.337. The number of hydrogen-bond acceptors (Lipinski definition) is 4. The van der Waals surface area contributed by atoms with E-state index < -0.39 is 8.32 Å². The third-order valence-corrected chi connectivity index (χ3v) is 13.6. The zero-order valence-corrected chi connectivity index (χ0v) is 28.7. The summed E-state index contributed by atoms with van der Waals surface area (Å²) in [7, 11) is -1.85. The molecular formula is C32H51BrClN3O3Si. The van der Waals surface area contributed by atoms with Gasteiger partial charge in [0.25, 0.3) is 0 Å². The minimum atomic E-state index is -1.85. The van der Waals surface area contributed by atoms with E-state index in [9.17, 15) is 4.79 Å². The Kier molecular flexibility index (Phi) is 13.7. The Bertz CT molecular complexity index is 1280. The molecule has 0 amide bonds. The smallest absolute Gasteiger partial charge is 0.355 e. The zero-order valence-electron chi connectivity index (χ0n) is 25.4. The van der Waals surface area contributed by atoms with Gasteiger partial charge in [-0.3, -0.25) is 5.10 Å². The number of hydrogen-bond donors (Lipinski definition) is 2. The third kappa shape index (κ3) is 8.49. The first kappa shape index (κ1) is 35.6. The fraction of sp³-hybridized carbons (Fsp3) is 0.625. The molecule has 230 valence electrons. The van der Waals surface area contributed by atoms with Crippen molar-refractivity contribution < 1.29 is 14.0 Å². The van der Waals surface area contributed by atoms with Crippen molar-refractivity contribution in [3.05, 3.63) is 39.8 Å². The van der Waals surface area contributed by atoms with Gasteiger partial charge >= 0.3 is 5.97 Å². The first-order valence-electron chi connectivity index (χ1n) is 14.7. The van der Waals surface area contributed by atoms with Crippen LogP contribution in [0, 0.1) is 0 Å². The predicted molar refractivity (Wildman–Crippen MR) is 180 cm³/mol. The topological polar surface area (TPSA) is 80.0 Å². The van der Waals surface area contributed by atoms with Gasteiger partial charge in [0.1, 0.15) is 5.69 Å². The number of aromatic amines is 2. The molecule has 0 fully saturated rings. The summed E-state index contributed by atoms with van der Waals surface area (Å²) in [6.07, 6.45) is 7.84. The molecule has 2 N–H and O–H groups in total. The van der Waals surface area contributed by atoms with Crippen molar-refractivity contribution in [3.63, 3.8) is 0 Å². The molecule has 0 spiro atoms. The van der Waals surface area contributed by atoms with E-state index in [1.165, 1.54) is 19.3 Å². The number of unbranched alkanes of at least 4 members (excludes halogenated alkanes) is 3. The number of alkyl halides is 1. The summed E-state index contributed by atoms with van der Waals surface area (Å²) in [5, 5.41) is 10.8. The molecule has 41 heavy (non-hydrogen) atoms.